The summed E-state index contributed by atoms with van der Waals surface area (Å²) >= 11 is 0. The fraction of sp³-hybridized carbons (Fsp3) is 0.389. The molecule has 0 bridgehead atoms. The lowest BCUT2D eigenvalue weighted by Crippen LogP contribution is -2.18. The van der Waals surface area contributed by atoms with Crippen LogP contribution in [0, 0.1) is 6.92 Å². The van der Waals surface area contributed by atoms with Crippen molar-refractivity contribution in [3.05, 3.63) is 101 Å². The number of H-pyrrole nitrogens is 1. The minimum absolute atomic E-state index is 0.0870. The summed E-state index contributed by atoms with van der Waals surface area (Å²) in [4.78, 5) is 18.0. The zero-order valence-corrected chi connectivity index (χ0v) is 26.4. The number of benzene rings is 3. The van der Waals surface area contributed by atoms with Crippen LogP contribution in [-0.4, -0.2) is 59.7 Å². The molecule has 2 N–H and O–H groups in total. The number of fused-ring (bicyclic) bond motifs is 1. The molecule has 0 saturated carbocycles. The quantitative estimate of drug-likeness (QED) is 0.132. The van der Waals surface area contributed by atoms with E-state index >= 15 is 0 Å². The molecule has 45 heavy (non-hydrogen) atoms. The van der Waals surface area contributed by atoms with E-state index in [0.29, 0.717) is 31.8 Å². The maximum atomic E-state index is 10.8. The van der Waals surface area contributed by atoms with Crippen molar-refractivity contribution in [3.63, 3.8) is 0 Å². The minimum Gasteiger partial charge on any atom is -0.508 e. The Kier molecular flexibility index (Phi) is 10.4. The first-order valence-corrected chi connectivity index (χ1v) is 15.4. The molecular weight excluding hydrogens is 572 g/mol. The largest absolute Gasteiger partial charge is 0.508 e. The van der Waals surface area contributed by atoms with E-state index in [2.05, 4.69) is 55.0 Å². The number of hydrogen-bond donors (Lipinski definition) is 2. The summed E-state index contributed by atoms with van der Waals surface area (Å²) in [5.74, 6) is 3.24. The summed E-state index contributed by atoms with van der Waals surface area (Å²) in [5.41, 5.74) is 4.54. The number of aromatic hydroxyl groups is 1. The summed E-state index contributed by atoms with van der Waals surface area (Å²) < 4.78 is 26.7. The maximum absolute atomic E-state index is 10.8. The molecule has 9 heteroatoms. The van der Waals surface area contributed by atoms with Gasteiger partial charge in [-0.05, 0) is 60.4 Å². The molecule has 0 aliphatic carbocycles. The Labute approximate surface area is 264 Å². The second-order valence-electron chi connectivity index (χ2n) is 11.8. The monoisotopic (exact) mass is 614 g/mol. The molecule has 2 atom stereocenters. The number of imidazole rings is 1. The summed E-state index contributed by atoms with van der Waals surface area (Å²) in [7, 11) is 0. The number of aryl methyl sites for hydroxylation is 3. The van der Waals surface area contributed by atoms with Gasteiger partial charge in [0.15, 0.2) is 0 Å². The number of nitrogens with one attached hydrogen (secondary N) is 1. The Morgan fingerprint density at radius 1 is 0.889 bits per heavy atom. The van der Waals surface area contributed by atoms with Crippen LogP contribution in [0.5, 0.6) is 23.0 Å². The number of carbonyl (C=O) groups is 1. The van der Waals surface area contributed by atoms with Gasteiger partial charge in [0, 0.05) is 29.8 Å². The number of phenols is 1. The first-order valence-electron chi connectivity index (χ1n) is 15.4. The second kappa shape index (κ2) is 14.6. The van der Waals surface area contributed by atoms with Crippen LogP contribution in [-0.2, 0) is 32.5 Å². The Bertz CT molecular complexity index is 1480. The van der Waals surface area contributed by atoms with Crippen LogP contribution in [0.2, 0.25) is 0 Å². The highest BCUT2D eigenvalue weighted by Gasteiger charge is 2.26. The number of epoxide rings is 2. The average molecular weight is 615 g/mol. The number of ether oxygens (including phenoxy) is 5. The standard InChI is InChI=1S/C21H24O4.C9H8O3.C6H10N2/c1-21(2,15-3-7-17(8-4-15)22-11-19-13-24-19)16-5-9-18(10-6-16)23-12-20-14-25-20;10-7-3-1-6-2-4-9(11)12-8(6)5-7;1-3-6-7-4-5(2)8-6/h3-10,19-20H,11-14H2,1-2H3;1,3,5,10H,2,4H2;4H,3H2,1-2H3,(H,7,8). The molecule has 0 spiro atoms. The van der Waals surface area contributed by atoms with Crippen LogP contribution in [0.1, 0.15) is 55.4 Å². The zero-order chi connectivity index (χ0) is 31.8. The topological polar surface area (TPSA) is 119 Å². The number of aromatic nitrogens is 2. The van der Waals surface area contributed by atoms with Gasteiger partial charge in [-0.3, -0.25) is 4.79 Å². The molecule has 0 radical (unpaired) electrons. The van der Waals surface area contributed by atoms with Gasteiger partial charge in [0.25, 0.3) is 0 Å². The minimum atomic E-state index is -0.229. The van der Waals surface area contributed by atoms with Crippen LogP contribution in [0.15, 0.2) is 72.9 Å². The van der Waals surface area contributed by atoms with Gasteiger partial charge in [0.05, 0.1) is 19.6 Å². The molecule has 4 heterocycles. The van der Waals surface area contributed by atoms with Crippen LogP contribution < -0.4 is 14.2 Å². The van der Waals surface area contributed by atoms with Crippen LogP contribution in [0.25, 0.3) is 0 Å². The van der Waals surface area contributed by atoms with Crippen LogP contribution >= 0.6 is 0 Å². The third-order valence-electron chi connectivity index (χ3n) is 7.79. The zero-order valence-electron chi connectivity index (χ0n) is 26.4. The smallest absolute Gasteiger partial charge is 0.311 e. The summed E-state index contributed by atoms with van der Waals surface area (Å²) in [6, 6.07) is 21.5. The van der Waals surface area contributed by atoms with Crippen LogP contribution in [0.3, 0.4) is 0 Å². The number of nitrogens with zero attached hydrogens (tertiary/aromatic N) is 1. The maximum Gasteiger partial charge on any atom is 0.311 e. The van der Waals surface area contributed by atoms with Gasteiger partial charge >= 0.3 is 5.97 Å². The molecule has 2 fully saturated rings. The highest BCUT2D eigenvalue weighted by molar-refractivity contribution is 5.75. The predicted molar refractivity (Wildman–Crippen MR) is 170 cm³/mol. The Morgan fingerprint density at radius 3 is 1.89 bits per heavy atom. The molecule has 3 aliphatic rings. The molecule has 2 saturated heterocycles. The van der Waals surface area contributed by atoms with Gasteiger partial charge in [-0.15, -0.1) is 0 Å². The van der Waals surface area contributed by atoms with E-state index in [1.807, 2.05) is 37.4 Å². The molecule has 4 aromatic rings. The van der Waals surface area contributed by atoms with Crippen molar-refractivity contribution in [2.24, 2.45) is 0 Å². The Morgan fingerprint density at radius 2 is 1.44 bits per heavy atom. The Hall–Kier alpha value is -4.34. The van der Waals surface area contributed by atoms with Crippen molar-refractivity contribution in [2.45, 2.75) is 64.6 Å². The van der Waals surface area contributed by atoms with Gasteiger partial charge in [0.2, 0.25) is 0 Å². The molecule has 2 unspecified atom stereocenters. The highest BCUT2D eigenvalue weighted by atomic mass is 16.6. The van der Waals surface area contributed by atoms with E-state index in [-0.39, 0.29) is 29.3 Å². The number of esters is 1. The average Bonchev–Trinajstić information content (AvgIpc) is 3.99. The lowest BCUT2D eigenvalue weighted by molar-refractivity contribution is -0.135. The Balaban J connectivity index is 0.000000164. The fourth-order valence-electron chi connectivity index (χ4n) is 4.71. The number of rotatable bonds is 9. The van der Waals surface area contributed by atoms with Gasteiger partial charge in [0.1, 0.15) is 54.2 Å². The first kappa shape index (κ1) is 32.1. The van der Waals surface area contributed by atoms with E-state index in [9.17, 15) is 4.79 Å². The number of carbonyl (C=O) groups excluding carboxylic acids is 1. The van der Waals surface area contributed by atoms with Crippen molar-refractivity contribution in [1.29, 1.82) is 0 Å². The molecular formula is C36H42N2O7. The van der Waals surface area contributed by atoms with Crippen molar-refractivity contribution < 1.29 is 33.6 Å². The SMILES string of the molecule is CC(C)(c1ccc(OCC2CO2)cc1)c1ccc(OCC2CO2)cc1.CCc1ncc(C)[nH]1.O=C1CCc2ccc(O)cc2O1. The van der Waals surface area contributed by atoms with Gasteiger partial charge in [-0.1, -0.05) is 51.1 Å². The van der Waals surface area contributed by atoms with Crippen molar-refractivity contribution in [3.8, 4) is 23.0 Å². The molecule has 9 nitrogen and oxygen atoms in total. The van der Waals surface area contributed by atoms with Crippen molar-refractivity contribution in [2.75, 3.05) is 26.4 Å². The number of phenolic OH excluding ortho intramolecular Hbond substituents is 1. The first-order chi connectivity index (χ1) is 21.7. The number of aromatic amines is 1. The van der Waals surface area contributed by atoms with Crippen molar-refractivity contribution in [1.82, 2.24) is 9.97 Å². The van der Waals surface area contributed by atoms with E-state index < -0.39 is 0 Å². The highest BCUT2D eigenvalue weighted by Crippen LogP contribution is 2.34. The lowest BCUT2D eigenvalue weighted by Gasteiger charge is -2.26. The lowest BCUT2D eigenvalue weighted by atomic mass is 9.78. The summed E-state index contributed by atoms with van der Waals surface area (Å²) in [5, 5.41) is 9.08. The third kappa shape index (κ3) is 9.57. The second-order valence-corrected chi connectivity index (χ2v) is 11.8. The van der Waals surface area contributed by atoms with Crippen molar-refractivity contribution >= 4 is 5.97 Å². The van der Waals surface area contributed by atoms with E-state index in [0.717, 1.165) is 48.2 Å². The molecule has 3 aromatic carbocycles. The predicted octanol–water partition coefficient (Wildman–Crippen LogP) is 6.09. The summed E-state index contributed by atoms with van der Waals surface area (Å²) in [6.07, 6.45) is 4.53. The molecule has 3 aliphatic heterocycles. The molecule has 1 aromatic heterocycles. The van der Waals surface area contributed by atoms with E-state index in [1.165, 1.54) is 17.2 Å². The normalized spacial score (nSPS) is 17.8. The van der Waals surface area contributed by atoms with Gasteiger partial charge in [-0.2, -0.15) is 0 Å². The van der Waals surface area contributed by atoms with E-state index in [4.69, 9.17) is 28.8 Å². The van der Waals surface area contributed by atoms with Crippen LogP contribution in [0.4, 0.5) is 0 Å². The van der Waals surface area contributed by atoms with Gasteiger partial charge < -0.3 is 33.8 Å². The third-order valence-corrected chi connectivity index (χ3v) is 7.79. The molecule has 7 rings (SSSR count). The summed E-state index contributed by atoms with van der Waals surface area (Å²) in [6.45, 7) is 11.5. The van der Waals surface area contributed by atoms with E-state index in [1.54, 1.807) is 12.1 Å². The van der Waals surface area contributed by atoms with Gasteiger partial charge in [-0.25, -0.2) is 4.98 Å². The molecule has 0 amide bonds. The molecule has 238 valence electrons. The number of hydrogen-bond acceptors (Lipinski definition) is 8. The fourth-order valence-corrected chi connectivity index (χ4v) is 4.71.